The van der Waals surface area contributed by atoms with Crippen molar-refractivity contribution < 1.29 is 66.3 Å². The Morgan fingerprint density at radius 3 is 1.07 bits per heavy atom. The second-order valence-corrected chi connectivity index (χ2v) is 11.0. The van der Waals surface area contributed by atoms with Crippen molar-refractivity contribution in [1.82, 2.24) is 4.90 Å². The van der Waals surface area contributed by atoms with E-state index in [2.05, 4.69) is 11.6 Å². The van der Waals surface area contributed by atoms with E-state index in [1.165, 1.54) is 0 Å². The van der Waals surface area contributed by atoms with Crippen LogP contribution in [-0.4, -0.2) is 64.8 Å². The number of hydrogen-bond donors (Lipinski definition) is 0. The van der Waals surface area contributed by atoms with Gasteiger partial charge < -0.3 is 4.90 Å². The van der Waals surface area contributed by atoms with Crippen molar-refractivity contribution in [3.63, 3.8) is 0 Å². The SMILES string of the molecule is CCCCCCCCCN(CCCCCCCCC)C(=O)C(F)(F)C(F)(F)C(F)(F)C(F)(F)C(F)(F)C(F)(F)C(F)(F)Cl. The van der Waals surface area contributed by atoms with Crippen LogP contribution in [-0.2, 0) is 4.79 Å². The van der Waals surface area contributed by atoms with Crippen molar-refractivity contribution in [1.29, 1.82) is 0 Å². The van der Waals surface area contributed by atoms with Crippen molar-refractivity contribution in [2.75, 3.05) is 13.1 Å². The summed E-state index contributed by atoms with van der Waals surface area (Å²) in [5, 5.41) is -6.70. The van der Waals surface area contributed by atoms with Crippen LogP contribution in [0.4, 0.5) is 61.5 Å². The maximum Gasteiger partial charge on any atom is 0.393 e. The van der Waals surface area contributed by atoms with E-state index in [4.69, 9.17) is 0 Å². The van der Waals surface area contributed by atoms with Gasteiger partial charge in [-0.2, -0.15) is 61.5 Å². The van der Waals surface area contributed by atoms with Crippen LogP contribution in [0.5, 0.6) is 0 Å². The zero-order valence-electron chi connectivity index (χ0n) is 23.8. The minimum atomic E-state index is -8.25. The van der Waals surface area contributed by atoms with Gasteiger partial charge >= 0.3 is 40.9 Å². The standard InChI is InChI=1S/C26H38ClF14NO/c1-3-5-7-9-11-13-15-17-42(18-16-14-12-10-8-6-4-2)19(43)20(28,29)21(30,31)22(32,33)23(34,35)24(36,37)25(38,39)26(27,40)41/h3-18H2,1-2H3. The molecule has 258 valence electrons. The van der Waals surface area contributed by atoms with E-state index >= 15 is 0 Å². The van der Waals surface area contributed by atoms with E-state index in [0.29, 0.717) is 25.7 Å². The quantitative estimate of drug-likeness (QED) is 0.0597. The van der Waals surface area contributed by atoms with Gasteiger partial charge in [-0.1, -0.05) is 90.9 Å². The van der Waals surface area contributed by atoms with Crippen LogP contribution in [0, 0.1) is 0 Å². The first-order valence-electron chi connectivity index (χ1n) is 14.1. The Morgan fingerprint density at radius 1 is 0.465 bits per heavy atom. The van der Waals surface area contributed by atoms with Gasteiger partial charge in [-0.3, -0.25) is 4.79 Å². The van der Waals surface area contributed by atoms with Crippen LogP contribution in [0.2, 0.25) is 0 Å². The highest BCUT2D eigenvalue weighted by atomic mass is 35.5. The molecule has 0 aromatic carbocycles. The zero-order valence-corrected chi connectivity index (χ0v) is 24.6. The van der Waals surface area contributed by atoms with Crippen LogP contribution in [0.3, 0.4) is 0 Å². The second kappa shape index (κ2) is 16.4. The normalized spacial score (nSPS) is 14.3. The van der Waals surface area contributed by atoms with Crippen molar-refractivity contribution in [2.45, 2.75) is 145 Å². The molecule has 0 unspecified atom stereocenters. The number of alkyl halides is 15. The number of unbranched alkanes of at least 4 members (excludes halogenated alkanes) is 12. The lowest BCUT2D eigenvalue weighted by molar-refractivity contribution is -0.432. The summed E-state index contributed by atoms with van der Waals surface area (Å²) < 4.78 is 194. The highest BCUT2D eigenvalue weighted by molar-refractivity contribution is 6.22. The van der Waals surface area contributed by atoms with E-state index in [1.54, 1.807) is 0 Å². The van der Waals surface area contributed by atoms with Crippen LogP contribution in [0.15, 0.2) is 0 Å². The highest BCUT2D eigenvalue weighted by Crippen LogP contribution is 2.62. The van der Waals surface area contributed by atoms with Gasteiger partial charge in [0, 0.05) is 13.1 Å². The number of nitrogens with zero attached hydrogens (tertiary/aromatic N) is 1. The first kappa shape index (κ1) is 41.8. The molecule has 0 aliphatic carbocycles. The predicted molar refractivity (Wildman–Crippen MR) is 133 cm³/mol. The van der Waals surface area contributed by atoms with Gasteiger partial charge in [0.25, 0.3) is 5.91 Å². The molecule has 0 bridgehead atoms. The molecule has 0 spiro atoms. The molecular formula is C26H38ClF14NO. The zero-order chi connectivity index (χ0) is 34.0. The molecule has 0 heterocycles. The Bertz CT molecular complexity index is 815. The van der Waals surface area contributed by atoms with E-state index in [9.17, 15) is 66.3 Å². The van der Waals surface area contributed by atoms with Crippen molar-refractivity contribution >= 4 is 17.5 Å². The third-order valence-corrected chi connectivity index (χ3v) is 7.18. The van der Waals surface area contributed by atoms with Gasteiger partial charge in [-0.25, -0.2) is 0 Å². The van der Waals surface area contributed by atoms with Gasteiger partial charge in [-0.15, -0.1) is 0 Å². The van der Waals surface area contributed by atoms with Gasteiger partial charge in [0.05, 0.1) is 0 Å². The molecule has 17 heteroatoms. The first-order valence-corrected chi connectivity index (χ1v) is 14.4. The predicted octanol–water partition coefficient (Wildman–Crippen LogP) is 11.0. The number of carbonyl (C=O) groups is 1. The smallest absolute Gasteiger partial charge is 0.337 e. The summed E-state index contributed by atoms with van der Waals surface area (Å²) >= 11 is 3.62. The summed E-state index contributed by atoms with van der Waals surface area (Å²) in [5.74, 6) is -49.9. The van der Waals surface area contributed by atoms with Crippen molar-refractivity contribution in [3.8, 4) is 0 Å². The molecule has 0 rings (SSSR count). The summed E-state index contributed by atoms with van der Waals surface area (Å²) in [6, 6.07) is 0. The third kappa shape index (κ3) is 9.40. The Hall–Kier alpha value is -1.22. The van der Waals surface area contributed by atoms with Gasteiger partial charge in [0.2, 0.25) is 0 Å². The Labute approximate surface area is 246 Å². The molecule has 0 aromatic rings. The van der Waals surface area contributed by atoms with Crippen LogP contribution >= 0.6 is 11.6 Å². The van der Waals surface area contributed by atoms with Crippen LogP contribution in [0.1, 0.15) is 104 Å². The Kier molecular flexibility index (Phi) is 15.9. The Morgan fingerprint density at radius 2 is 0.744 bits per heavy atom. The molecule has 0 saturated carbocycles. The maximum absolute atomic E-state index is 14.7. The van der Waals surface area contributed by atoms with Crippen molar-refractivity contribution in [3.05, 3.63) is 0 Å². The highest BCUT2D eigenvalue weighted by Gasteiger charge is 2.93. The van der Waals surface area contributed by atoms with Gasteiger partial charge in [0.15, 0.2) is 0 Å². The van der Waals surface area contributed by atoms with Crippen LogP contribution in [0.25, 0.3) is 0 Å². The minimum Gasteiger partial charge on any atom is -0.337 e. The fourth-order valence-electron chi connectivity index (χ4n) is 4.13. The summed E-state index contributed by atoms with van der Waals surface area (Å²) in [7, 11) is 0. The largest absolute Gasteiger partial charge is 0.393 e. The van der Waals surface area contributed by atoms with E-state index < -0.39 is 59.9 Å². The number of halogens is 15. The number of carbonyl (C=O) groups excluding carboxylic acids is 1. The summed E-state index contributed by atoms with van der Waals surface area (Å²) in [6.45, 7) is 2.43. The molecule has 2 nitrogen and oxygen atoms in total. The molecule has 0 saturated heterocycles. The molecule has 0 N–H and O–H groups in total. The average molecular weight is 682 g/mol. The lowest BCUT2D eigenvalue weighted by Crippen LogP contribution is -2.74. The van der Waals surface area contributed by atoms with Gasteiger partial charge in [-0.05, 0) is 24.4 Å². The third-order valence-electron chi connectivity index (χ3n) is 6.95. The lowest BCUT2D eigenvalue weighted by atomic mass is 9.90. The van der Waals surface area contributed by atoms with Gasteiger partial charge in [0.1, 0.15) is 0 Å². The molecule has 0 aliphatic heterocycles. The first-order chi connectivity index (χ1) is 19.4. The molecule has 0 atom stereocenters. The molecule has 0 aliphatic rings. The summed E-state index contributed by atoms with van der Waals surface area (Å²) in [4.78, 5) is 12.4. The number of hydrogen-bond acceptors (Lipinski definition) is 1. The monoisotopic (exact) mass is 681 g/mol. The molecule has 1 amide bonds. The topological polar surface area (TPSA) is 20.3 Å². The fourth-order valence-corrected chi connectivity index (χ4v) is 4.25. The number of rotatable bonds is 23. The number of amides is 1. The lowest BCUT2D eigenvalue weighted by Gasteiger charge is -2.42. The fraction of sp³-hybridized carbons (Fsp3) is 0.962. The second-order valence-electron chi connectivity index (χ2n) is 10.5. The average Bonchev–Trinajstić information content (AvgIpc) is 2.89. The summed E-state index contributed by atoms with van der Waals surface area (Å²) in [5.41, 5.74) is 0. The van der Waals surface area contributed by atoms with E-state index in [-0.39, 0.29) is 30.6 Å². The van der Waals surface area contributed by atoms with E-state index in [1.807, 2.05) is 13.8 Å². The molecule has 0 fully saturated rings. The van der Waals surface area contributed by atoms with Crippen molar-refractivity contribution in [2.24, 2.45) is 0 Å². The molecule has 0 radical (unpaired) electrons. The summed E-state index contributed by atoms with van der Waals surface area (Å²) in [6.07, 6.45) is 7.94. The Balaban J connectivity index is 6.10. The minimum absolute atomic E-state index is 0.000119. The van der Waals surface area contributed by atoms with E-state index in [0.717, 1.165) is 38.5 Å². The van der Waals surface area contributed by atoms with Crippen LogP contribution < -0.4 is 0 Å². The molecule has 43 heavy (non-hydrogen) atoms. The maximum atomic E-state index is 14.7. The molecular weight excluding hydrogens is 644 g/mol. The molecule has 0 aromatic heterocycles.